The molecule has 0 saturated carbocycles. The highest BCUT2D eigenvalue weighted by Crippen LogP contribution is 2.35. The molecular formula is C28H34ClN3O2S2. The summed E-state index contributed by atoms with van der Waals surface area (Å²) < 4.78 is 0. The first-order chi connectivity index (χ1) is 17.3. The number of likely N-dealkylation sites (N-methyl/N-ethyl adjacent to an activating group) is 1. The van der Waals surface area contributed by atoms with Gasteiger partial charge in [0.05, 0.1) is 6.04 Å². The number of rotatable bonds is 12. The number of nitrogens with zero attached hydrogens (tertiary/aromatic N) is 1. The lowest BCUT2D eigenvalue weighted by Crippen LogP contribution is -2.46. The molecule has 2 amide bonds. The van der Waals surface area contributed by atoms with Crippen LogP contribution in [0.5, 0.6) is 0 Å². The number of hydrogen-bond acceptors (Lipinski definition) is 5. The van der Waals surface area contributed by atoms with E-state index >= 15 is 0 Å². The Bertz CT molecular complexity index is 1160. The van der Waals surface area contributed by atoms with Crippen LogP contribution in [0.25, 0.3) is 5.57 Å². The van der Waals surface area contributed by atoms with Crippen molar-refractivity contribution in [3.8, 4) is 0 Å². The van der Waals surface area contributed by atoms with Gasteiger partial charge < -0.3 is 10.6 Å². The molecule has 0 fully saturated rings. The SMILES string of the molecule is CC(=O)NCCC(C(=O)NCc1ccccc1Cl)N(C)CCC=C(c1sccc1C)c1sccc1C. The first-order valence-corrected chi connectivity index (χ1v) is 14.2. The van der Waals surface area contributed by atoms with E-state index in [9.17, 15) is 9.59 Å². The number of halogens is 1. The zero-order chi connectivity index (χ0) is 26.1. The van der Waals surface area contributed by atoms with Gasteiger partial charge in [0.1, 0.15) is 0 Å². The standard InChI is InChI=1S/C28H34ClN3O2S2/c1-19-12-16-35-26(19)23(27-20(2)13-17-36-27)9-7-15-32(4)25(11-14-30-21(3)33)28(34)31-18-22-8-5-6-10-24(22)29/h5-6,8-10,12-13,16-17,25H,7,11,14-15,18H2,1-4H3,(H,30,33)(H,31,34). The third kappa shape index (κ3) is 7.77. The Hall–Kier alpha value is -2.45. The Morgan fingerprint density at radius 1 is 1.03 bits per heavy atom. The molecule has 1 unspecified atom stereocenters. The van der Waals surface area contributed by atoms with Gasteiger partial charge in [-0.3, -0.25) is 14.5 Å². The minimum atomic E-state index is -0.372. The topological polar surface area (TPSA) is 61.4 Å². The molecule has 1 atom stereocenters. The van der Waals surface area contributed by atoms with Crippen LogP contribution in [-0.4, -0.2) is 42.9 Å². The molecule has 0 bridgehead atoms. The highest BCUT2D eigenvalue weighted by atomic mass is 35.5. The first-order valence-electron chi connectivity index (χ1n) is 12.0. The molecule has 2 heterocycles. The minimum absolute atomic E-state index is 0.0739. The lowest BCUT2D eigenvalue weighted by Gasteiger charge is -2.27. The average Bonchev–Trinajstić information content (AvgIpc) is 3.46. The molecule has 5 nitrogen and oxygen atoms in total. The third-order valence-corrected chi connectivity index (χ3v) is 8.55. The number of aryl methyl sites for hydroxylation is 2. The van der Waals surface area contributed by atoms with E-state index in [-0.39, 0.29) is 17.9 Å². The van der Waals surface area contributed by atoms with Gasteiger partial charge in [0.25, 0.3) is 0 Å². The summed E-state index contributed by atoms with van der Waals surface area (Å²) in [5, 5.41) is 10.7. The molecule has 3 aromatic rings. The van der Waals surface area contributed by atoms with E-state index < -0.39 is 0 Å². The zero-order valence-electron chi connectivity index (χ0n) is 21.3. The summed E-state index contributed by atoms with van der Waals surface area (Å²) in [5.74, 6) is -0.173. The number of thiophene rings is 2. The fourth-order valence-electron chi connectivity index (χ4n) is 4.03. The number of benzene rings is 1. The predicted octanol–water partition coefficient (Wildman–Crippen LogP) is 6.04. The van der Waals surface area contributed by atoms with Gasteiger partial charge in [0, 0.05) is 46.9 Å². The van der Waals surface area contributed by atoms with Gasteiger partial charge in [-0.05, 0) is 79.4 Å². The molecule has 2 N–H and O–H groups in total. The number of amides is 2. The molecule has 1 aromatic carbocycles. The summed E-state index contributed by atoms with van der Waals surface area (Å²) in [6, 6.07) is 11.4. The van der Waals surface area contributed by atoms with Crippen LogP contribution in [0.2, 0.25) is 5.02 Å². The summed E-state index contributed by atoms with van der Waals surface area (Å²) >= 11 is 9.79. The molecule has 0 radical (unpaired) electrons. The van der Waals surface area contributed by atoms with Crippen LogP contribution < -0.4 is 10.6 Å². The smallest absolute Gasteiger partial charge is 0.237 e. The molecule has 3 rings (SSSR count). The Morgan fingerprint density at radius 2 is 1.67 bits per heavy atom. The largest absolute Gasteiger partial charge is 0.356 e. The average molecular weight is 544 g/mol. The Morgan fingerprint density at radius 3 is 2.22 bits per heavy atom. The van der Waals surface area contributed by atoms with Crippen molar-refractivity contribution < 1.29 is 9.59 Å². The van der Waals surface area contributed by atoms with E-state index in [1.165, 1.54) is 33.4 Å². The van der Waals surface area contributed by atoms with Gasteiger partial charge in [0.15, 0.2) is 0 Å². The quantitative estimate of drug-likeness (QED) is 0.292. The normalized spacial score (nSPS) is 11.8. The van der Waals surface area contributed by atoms with Gasteiger partial charge in [-0.15, -0.1) is 22.7 Å². The molecule has 2 aromatic heterocycles. The second kappa shape index (κ2) is 13.7. The van der Waals surface area contributed by atoms with Crippen molar-refractivity contribution in [1.82, 2.24) is 15.5 Å². The van der Waals surface area contributed by atoms with Crippen molar-refractivity contribution in [2.75, 3.05) is 20.1 Å². The second-order valence-electron chi connectivity index (χ2n) is 8.85. The fraction of sp³-hybridized carbons (Fsp3) is 0.357. The Labute approximate surface area is 227 Å². The zero-order valence-corrected chi connectivity index (χ0v) is 23.7. The number of carbonyl (C=O) groups excluding carboxylic acids is 2. The van der Waals surface area contributed by atoms with Gasteiger partial charge in [-0.25, -0.2) is 0 Å². The van der Waals surface area contributed by atoms with Crippen molar-refractivity contribution >= 4 is 51.7 Å². The van der Waals surface area contributed by atoms with Crippen LogP contribution in [0.15, 0.2) is 53.2 Å². The van der Waals surface area contributed by atoms with E-state index in [1.807, 2.05) is 31.3 Å². The molecule has 192 valence electrons. The van der Waals surface area contributed by atoms with E-state index in [0.717, 1.165) is 12.0 Å². The molecule has 0 aliphatic carbocycles. The van der Waals surface area contributed by atoms with E-state index in [2.05, 4.69) is 58.3 Å². The van der Waals surface area contributed by atoms with Crippen molar-refractivity contribution in [2.45, 2.75) is 46.2 Å². The van der Waals surface area contributed by atoms with Crippen LogP contribution >= 0.6 is 34.3 Å². The fourth-order valence-corrected chi connectivity index (χ4v) is 6.25. The molecule has 0 aliphatic heterocycles. The Kier molecular flexibility index (Phi) is 10.7. The second-order valence-corrected chi connectivity index (χ2v) is 11.1. The van der Waals surface area contributed by atoms with E-state index in [1.54, 1.807) is 22.7 Å². The predicted molar refractivity (Wildman–Crippen MR) is 153 cm³/mol. The number of hydrogen-bond donors (Lipinski definition) is 2. The summed E-state index contributed by atoms with van der Waals surface area (Å²) in [5.41, 5.74) is 4.70. The molecule has 0 spiro atoms. The van der Waals surface area contributed by atoms with Crippen molar-refractivity contribution in [1.29, 1.82) is 0 Å². The van der Waals surface area contributed by atoms with Gasteiger partial charge in [0.2, 0.25) is 11.8 Å². The molecule has 36 heavy (non-hydrogen) atoms. The highest BCUT2D eigenvalue weighted by molar-refractivity contribution is 7.14. The number of nitrogens with one attached hydrogen (secondary N) is 2. The minimum Gasteiger partial charge on any atom is -0.356 e. The third-order valence-electron chi connectivity index (χ3n) is 6.08. The van der Waals surface area contributed by atoms with Crippen LogP contribution in [0.1, 0.15) is 46.2 Å². The molecule has 0 saturated heterocycles. The highest BCUT2D eigenvalue weighted by Gasteiger charge is 2.23. The van der Waals surface area contributed by atoms with Crippen molar-refractivity contribution in [2.24, 2.45) is 0 Å². The van der Waals surface area contributed by atoms with E-state index in [0.29, 0.717) is 31.1 Å². The maximum atomic E-state index is 13.2. The first kappa shape index (κ1) is 28.1. The summed E-state index contributed by atoms with van der Waals surface area (Å²) in [7, 11) is 1.97. The lowest BCUT2D eigenvalue weighted by molar-refractivity contribution is -0.127. The molecule has 0 aliphatic rings. The van der Waals surface area contributed by atoms with Gasteiger partial charge in [-0.2, -0.15) is 0 Å². The van der Waals surface area contributed by atoms with Gasteiger partial charge >= 0.3 is 0 Å². The van der Waals surface area contributed by atoms with Crippen LogP contribution in [0, 0.1) is 13.8 Å². The Balaban J connectivity index is 1.71. The molecule has 8 heteroatoms. The van der Waals surface area contributed by atoms with Crippen LogP contribution in [0.3, 0.4) is 0 Å². The van der Waals surface area contributed by atoms with Gasteiger partial charge in [-0.1, -0.05) is 35.9 Å². The van der Waals surface area contributed by atoms with E-state index in [4.69, 9.17) is 11.6 Å². The van der Waals surface area contributed by atoms with Crippen molar-refractivity contribution in [3.63, 3.8) is 0 Å². The summed E-state index contributed by atoms with van der Waals surface area (Å²) in [4.78, 5) is 29.2. The monoisotopic (exact) mass is 543 g/mol. The van der Waals surface area contributed by atoms with Crippen molar-refractivity contribution in [3.05, 3.63) is 84.7 Å². The maximum Gasteiger partial charge on any atom is 0.237 e. The molecular weight excluding hydrogens is 510 g/mol. The maximum absolute atomic E-state index is 13.2. The van der Waals surface area contributed by atoms with Crippen LogP contribution in [0.4, 0.5) is 0 Å². The summed E-state index contributed by atoms with van der Waals surface area (Å²) in [6.07, 6.45) is 3.62. The van der Waals surface area contributed by atoms with Crippen LogP contribution in [-0.2, 0) is 16.1 Å². The lowest BCUT2D eigenvalue weighted by atomic mass is 10.0. The number of carbonyl (C=O) groups is 2. The summed E-state index contributed by atoms with van der Waals surface area (Å²) in [6.45, 7) is 7.30.